The number of thiazole rings is 1. The van der Waals surface area contributed by atoms with Crippen LogP contribution in [-0.2, 0) is 11.2 Å². The van der Waals surface area contributed by atoms with Crippen molar-refractivity contribution >= 4 is 16.3 Å². The Morgan fingerprint density at radius 2 is 2.45 bits per heavy atom. The summed E-state index contributed by atoms with van der Waals surface area (Å²) in [5.74, 6) is 0.611. The number of imidazole rings is 1. The van der Waals surface area contributed by atoms with Crippen LogP contribution in [0.5, 0.6) is 0 Å². The molecular weight excluding hydrogens is 270 g/mol. The minimum Gasteiger partial charge on any atom is -0.378 e. The lowest BCUT2D eigenvalue weighted by Gasteiger charge is -2.27. The third kappa shape index (κ3) is 2.75. The van der Waals surface area contributed by atoms with Crippen LogP contribution in [0, 0.1) is 5.92 Å². The first kappa shape index (κ1) is 14.0. The predicted octanol–water partition coefficient (Wildman–Crippen LogP) is 2.73. The molecule has 1 aliphatic heterocycles. The summed E-state index contributed by atoms with van der Waals surface area (Å²) in [5.41, 5.74) is 1.18. The molecule has 0 aromatic carbocycles. The van der Waals surface area contributed by atoms with E-state index < -0.39 is 0 Å². The van der Waals surface area contributed by atoms with Gasteiger partial charge in [-0.2, -0.15) is 0 Å². The van der Waals surface area contributed by atoms with Crippen molar-refractivity contribution < 1.29 is 4.74 Å². The summed E-state index contributed by atoms with van der Waals surface area (Å²) < 4.78 is 7.98. The summed E-state index contributed by atoms with van der Waals surface area (Å²) in [7, 11) is 0. The summed E-state index contributed by atoms with van der Waals surface area (Å²) in [6, 6.07) is 0.469. The highest BCUT2D eigenvalue weighted by molar-refractivity contribution is 7.15. The van der Waals surface area contributed by atoms with E-state index in [0.29, 0.717) is 18.1 Å². The van der Waals surface area contributed by atoms with E-state index >= 15 is 0 Å². The van der Waals surface area contributed by atoms with Crippen molar-refractivity contribution in [3.05, 3.63) is 23.5 Å². The van der Waals surface area contributed by atoms with E-state index in [2.05, 4.69) is 41.3 Å². The minimum atomic E-state index is 0.405. The zero-order chi connectivity index (χ0) is 13.9. The fraction of sp³-hybridized carbons (Fsp3) is 0.667. The van der Waals surface area contributed by atoms with Crippen LogP contribution in [0.25, 0.3) is 4.96 Å². The third-order valence-corrected chi connectivity index (χ3v) is 4.99. The third-order valence-electron chi connectivity index (χ3n) is 4.22. The van der Waals surface area contributed by atoms with Gasteiger partial charge in [-0.3, -0.25) is 4.40 Å². The normalized spacial score (nSPS) is 24.5. The van der Waals surface area contributed by atoms with E-state index in [-0.39, 0.29) is 0 Å². The van der Waals surface area contributed by atoms with E-state index in [9.17, 15) is 0 Å². The first-order chi connectivity index (χ1) is 9.81. The second-order valence-corrected chi connectivity index (χ2v) is 6.34. The van der Waals surface area contributed by atoms with Crippen molar-refractivity contribution in [1.82, 2.24) is 14.7 Å². The maximum atomic E-state index is 5.86. The summed E-state index contributed by atoms with van der Waals surface area (Å²) in [4.78, 5) is 5.81. The van der Waals surface area contributed by atoms with Crippen molar-refractivity contribution in [2.45, 2.75) is 45.3 Å². The Labute approximate surface area is 124 Å². The number of fused-ring (bicyclic) bond motifs is 1. The van der Waals surface area contributed by atoms with Gasteiger partial charge in [0.2, 0.25) is 0 Å². The maximum Gasteiger partial charge on any atom is 0.193 e. The van der Waals surface area contributed by atoms with Crippen LogP contribution in [0.1, 0.15) is 32.4 Å². The fourth-order valence-corrected chi connectivity index (χ4v) is 4.00. The van der Waals surface area contributed by atoms with Crippen LogP contribution >= 0.6 is 11.3 Å². The van der Waals surface area contributed by atoms with Gasteiger partial charge < -0.3 is 10.1 Å². The van der Waals surface area contributed by atoms with Gasteiger partial charge in [0.15, 0.2) is 4.96 Å². The van der Waals surface area contributed by atoms with Crippen molar-refractivity contribution in [2.24, 2.45) is 5.92 Å². The minimum absolute atomic E-state index is 0.405. The second-order valence-electron chi connectivity index (χ2n) is 5.46. The molecule has 0 spiro atoms. The monoisotopic (exact) mass is 293 g/mol. The average Bonchev–Trinajstić information content (AvgIpc) is 3.12. The van der Waals surface area contributed by atoms with E-state index in [1.807, 2.05) is 0 Å². The number of likely N-dealkylation sites (N-methyl/N-ethyl adjacent to an activating group) is 1. The first-order valence-electron chi connectivity index (χ1n) is 7.57. The highest BCUT2D eigenvalue weighted by Gasteiger charge is 2.33. The van der Waals surface area contributed by atoms with Gasteiger partial charge in [-0.05, 0) is 19.4 Å². The molecule has 110 valence electrons. The lowest BCUT2D eigenvalue weighted by Crippen LogP contribution is -2.41. The van der Waals surface area contributed by atoms with Gasteiger partial charge in [0.25, 0.3) is 0 Å². The number of rotatable bonds is 6. The molecule has 1 fully saturated rings. The van der Waals surface area contributed by atoms with Crippen LogP contribution in [0.4, 0.5) is 0 Å². The Balaban J connectivity index is 1.74. The van der Waals surface area contributed by atoms with Crippen molar-refractivity contribution in [1.29, 1.82) is 0 Å². The smallest absolute Gasteiger partial charge is 0.193 e. The fourth-order valence-electron chi connectivity index (χ4n) is 3.28. The van der Waals surface area contributed by atoms with Gasteiger partial charge in [-0.25, -0.2) is 4.98 Å². The number of hydrogen-bond acceptors (Lipinski definition) is 4. The largest absolute Gasteiger partial charge is 0.378 e. The van der Waals surface area contributed by atoms with Gasteiger partial charge in [-0.15, -0.1) is 11.3 Å². The van der Waals surface area contributed by atoms with Gasteiger partial charge in [-0.1, -0.05) is 13.8 Å². The van der Waals surface area contributed by atoms with Gasteiger partial charge in [0.05, 0.1) is 11.8 Å². The Hall–Kier alpha value is -0.910. The number of ether oxygens (including phenoxy) is 1. The van der Waals surface area contributed by atoms with Gasteiger partial charge in [0, 0.05) is 42.8 Å². The standard InChI is InChI=1S/C15H23N3OS/c1-3-14-12(5-7-19-14)13(16-4-2)9-11-10-18-6-8-20-15(18)17-11/h6,8,10,12-14,16H,3-5,7,9H2,1-2H3. The van der Waals surface area contributed by atoms with Crippen LogP contribution in [-0.4, -0.2) is 34.7 Å². The van der Waals surface area contributed by atoms with Gasteiger partial charge >= 0.3 is 0 Å². The number of nitrogens with zero attached hydrogens (tertiary/aromatic N) is 2. The van der Waals surface area contributed by atoms with Crippen LogP contribution in [0.15, 0.2) is 17.8 Å². The van der Waals surface area contributed by atoms with E-state index in [4.69, 9.17) is 9.72 Å². The SMILES string of the molecule is CCNC(Cc1cn2ccsc2n1)C1CCOC1CC. The molecule has 1 aliphatic rings. The molecule has 2 aromatic rings. The average molecular weight is 293 g/mol. The molecule has 3 atom stereocenters. The zero-order valence-corrected chi connectivity index (χ0v) is 13.0. The van der Waals surface area contributed by atoms with E-state index in [1.165, 1.54) is 12.1 Å². The molecule has 3 heterocycles. The molecule has 2 aromatic heterocycles. The molecule has 0 radical (unpaired) electrons. The molecular formula is C15H23N3OS. The molecule has 0 saturated carbocycles. The zero-order valence-electron chi connectivity index (χ0n) is 12.2. The van der Waals surface area contributed by atoms with Crippen molar-refractivity contribution in [2.75, 3.05) is 13.2 Å². The molecule has 1 saturated heterocycles. The van der Waals surface area contributed by atoms with E-state index in [1.54, 1.807) is 11.3 Å². The summed E-state index contributed by atoms with van der Waals surface area (Å²) in [5, 5.41) is 5.72. The Bertz CT molecular complexity index is 522. The molecule has 3 rings (SSSR count). The molecule has 20 heavy (non-hydrogen) atoms. The second kappa shape index (κ2) is 6.24. The summed E-state index contributed by atoms with van der Waals surface area (Å²) in [6.07, 6.45) is 7.90. The van der Waals surface area contributed by atoms with E-state index in [0.717, 1.165) is 31.0 Å². The number of aromatic nitrogens is 2. The highest BCUT2D eigenvalue weighted by Crippen LogP contribution is 2.28. The Morgan fingerprint density at radius 1 is 1.55 bits per heavy atom. The summed E-state index contributed by atoms with van der Waals surface area (Å²) >= 11 is 1.69. The molecule has 0 bridgehead atoms. The molecule has 3 unspecified atom stereocenters. The maximum absolute atomic E-state index is 5.86. The Kier molecular flexibility index (Phi) is 4.38. The van der Waals surface area contributed by atoms with Crippen LogP contribution < -0.4 is 5.32 Å². The quantitative estimate of drug-likeness (QED) is 0.890. The highest BCUT2D eigenvalue weighted by atomic mass is 32.1. The predicted molar refractivity (Wildman–Crippen MR) is 82.4 cm³/mol. The topological polar surface area (TPSA) is 38.6 Å². The number of hydrogen-bond donors (Lipinski definition) is 1. The molecule has 5 heteroatoms. The lowest BCUT2D eigenvalue weighted by atomic mass is 9.88. The first-order valence-corrected chi connectivity index (χ1v) is 8.45. The molecule has 0 aliphatic carbocycles. The van der Waals surface area contributed by atoms with Gasteiger partial charge in [0.1, 0.15) is 0 Å². The Morgan fingerprint density at radius 3 is 3.20 bits per heavy atom. The molecule has 1 N–H and O–H groups in total. The lowest BCUT2D eigenvalue weighted by molar-refractivity contribution is 0.0775. The van der Waals surface area contributed by atoms with Crippen LogP contribution in [0.3, 0.4) is 0 Å². The van der Waals surface area contributed by atoms with Crippen molar-refractivity contribution in [3.8, 4) is 0 Å². The van der Waals surface area contributed by atoms with Crippen LogP contribution in [0.2, 0.25) is 0 Å². The number of nitrogens with one attached hydrogen (secondary N) is 1. The molecule has 0 amide bonds. The van der Waals surface area contributed by atoms with Crippen molar-refractivity contribution in [3.63, 3.8) is 0 Å². The molecule has 4 nitrogen and oxygen atoms in total. The summed E-state index contributed by atoms with van der Waals surface area (Å²) in [6.45, 7) is 6.30.